The molecule has 2 aliphatic rings. The van der Waals surface area contributed by atoms with E-state index in [0.29, 0.717) is 33.7 Å². The van der Waals surface area contributed by atoms with Crippen LogP contribution in [-0.2, 0) is 0 Å². The van der Waals surface area contributed by atoms with Gasteiger partial charge in [-0.15, -0.1) is 0 Å². The van der Waals surface area contributed by atoms with Crippen LogP contribution in [0.1, 0.15) is 48.9 Å². The Kier molecular flexibility index (Phi) is 8.72. The van der Waals surface area contributed by atoms with E-state index in [2.05, 4.69) is 48.0 Å². The number of aromatic nitrogens is 3. The minimum absolute atomic E-state index is 0.333. The van der Waals surface area contributed by atoms with Gasteiger partial charge in [-0.1, -0.05) is 41.4 Å². The number of amides is 1. The highest BCUT2D eigenvalue weighted by molar-refractivity contribution is 6.34. The normalized spacial score (nSPS) is 15.3. The Morgan fingerprint density at radius 3 is 2.55 bits per heavy atom. The summed E-state index contributed by atoms with van der Waals surface area (Å²) in [5.74, 6) is 0.824. The van der Waals surface area contributed by atoms with Crippen LogP contribution < -0.4 is 16.0 Å². The maximum absolute atomic E-state index is 13.1. The van der Waals surface area contributed by atoms with Crippen molar-refractivity contribution in [2.24, 2.45) is 0 Å². The van der Waals surface area contributed by atoms with E-state index < -0.39 is 0 Å². The molecule has 1 saturated heterocycles. The van der Waals surface area contributed by atoms with Crippen molar-refractivity contribution in [1.29, 1.82) is 0 Å². The summed E-state index contributed by atoms with van der Waals surface area (Å²) in [7, 11) is 0. The molecule has 3 heterocycles. The lowest BCUT2D eigenvalue weighted by Crippen LogP contribution is -2.20. The molecule has 6 rings (SSSR count). The fraction of sp³-hybridized carbons (Fsp3) is 0.273. The molecule has 214 valence electrons. The average molecular weight is 580 g/mol. The molecule has 3 N–H and O–H groups in total. The molecule has 0 unspecified atom stereocenters. The van der Waals surface area contributed by atoms with Crippen molar-refractivity contribution in [2.75, 3.05) is 35.6 Å². The molecule has 0 radical (unpaired) electrons. The Balaban J connectivity index is 1.03. The maximum Gasteiger partial charge on any atom is 0.257 e. The summed E-state index contributed by atoms with van der Waals surface area (Å²) in [6.07, 6.45) is 14.6. The standard InChI is InChI=1S/C33H34ClN7O/c34-29-15-14-26(37-31-16-11-24-7-1-2-8-30(24)40-31)20-28(29)32(42)38-27-21-35-33(36-22-27)39-25-12-9-23(10-13-25)6-5-19-41-17-3-4-18-41/h1-2,7-9,11-12,14-16,20-22H,3-6,10,13,17-19H2,(H,37,40)(H,38,42)(H,35,36,39). The Hall–Kier alpha value is -4.27. The Morgan fingerprint density at radius 2 is 1.74 bits per heavy atom. The fourth-order valence-corrected chi connectivity index (χ4v) is 5.59. The molecule has 9 heteroatoms. The quantitative estimate of drug-likeness (QED) is 0.178. The van der Waals surface area contributed by atoms with Gasteiger partial charge in [-0.3, -0.25) is 4.79 Å². The number of pyridine rings is 1. The number of allylic oxidation sites excluding steroid dienone is 4. The second-order valence-corrected chi connectivity index (χ2v) is 11.2. The Morgan fingerprint density at radius 1 is 0.905 bits per heavy atom. The van der Waals surface area contributed by atoms with Gasteiger partial charge in [0.1, 0.15) is 5.82 Å². The number of nitrogens with zero attached hydrogens (tertiary/aromatic N) is 4. The third-order valence-electron chi connectivity index (χ3n) is 7.67. The van der Waals surface area contributed by atoms with Crippen molar-refractivity contribution in [3.05, 3.63) is 101 Å². The first-order chi connectivity index (χ1) is 20.6. The van der Waals surface area contributed by atoms with Crippen LogP contribution in [0.3, 0.4) is 0 Å². The zero-order chi connectivity index (χ0) is 28.7. The first-order valence-electron chi connectivity index (χ1n) is 14.5. The lowest BCUT2D eigenvalue weighted by Gasteiger charge is -2.18. The van der Waals surface area contributed by atoms with Crippen LogP contribution in [-0.4, -0.2) is 45.4 Å². The fourth-order valence-electron chi connectivity index (χ4n) is 5.39. The Labute approximate surface area is 250 Å². The summed E-state index contributed by atoms with van der Waals surface area (Å²) in [4.78, 5) is 29.1. The molecule has 4 aromatic rings. The molecular formula is C33H34ClN7O. The van der Waals surface area contributed by atoms with E-state index in [4.69, 9.17) is 11.6 Å². The van der Waals surface area contributed by atoms with E-state index >= 15 is 0 Å². The van der Waals surface area contributed by atoms with Gasteiger partial charge in [-0.05, 0) is 101 Å². The molecule has 42 heavy (non-hydrogen) atoms. The summed E-state index contributed by atoms with van der Waals surface area (Å²) in [6, 6.07) is 17.0. The zero-order valence-electron chi connectivity index (χ0n) is 23.4. The number of anilines is 4. The van der Waals surface area contributed by atoms with E-state index in [1.54, 1.807) is 24.5 Å². The number of hydrogen-bond donors (Lipinski definition) is 3. The molecule has 1 aliphatic heterocycles. The predicted molar refractivity (Wildman–Crippen MR) is 170 cm³/mol. The minimum Gasteiger partial charge on any atom is -0.340 e. The van der Waals surface area contributed by atoms with Crippen LogP contribution in [0.25, 0.3) is 10.9 Å². The SMILES string of the molecule is O=C(Nc1cnc(NC2=CC=C(CCCN3CCCC3)CC2)nc1)c1cc(Nc2ccc3ccccc3n2)ccc1Cl. The molecule has 2 aromatic carbocycles. The van der Waals surface area contributed by atoms with Crippen LogP contribution in [0.4, 0.5) is 23.1 Å². The van der Waals surface area contributed by atoms with E-state index in [0.717, 1.165) is 35.9 Å². The molecule has 0 bridgehead atoms. The summed E-state index contributed by atoms with van der Waals surface area (Å²) >= 11 is 6.38. The monoisotopic (exact) mass is 579 g/mol. The number of nitrogens with one attached hydrogen (secondary N) is 3. The van der Waals surface area contributed by atoms with Gasteiger partial charge < -0.3 is 20.9 Å². The second-order valence-electron chi connectivity index (χ2n) is 10.8. The van der Waals surface area contributed by atoms with Crippen LogP contribution in [0, 0.1) is 0 Å². The van der Waals surface area contributed by atoms with Gasteiger partial charge in [0.25, 0.3) is 5.91 Å². The lowest BCUT2D eigenvalue weighted by molar-refractivity contribution is 0.102. The molecule has 0 atom stereocenters. The van der Waals surface area contributed by atoms with Gasteiger partial charge >= 0.3 is 0 Å². The topological polar surface area (TPSA) is 95.1 Å². The molecule has 1 aliphatic carbocycles. The van der Waals surface area contributed by atoms with Crippen molar-refractivity contribution in [3.8, 4) is 0 Å². The zero-order valence-corrected chi connectivity index (χ0v) is 24.2. The van der Waals surface area contributed by atoms with Crippen LogP contribution in [0.15, 0.2) is 90.4 Å². The van der Waals surface area contributed by atoms with Gasteiger partial charge in [0.05, 0.1) is 34.2 Å². The average Bonchev–Trinajstić information content (AvgIpc) is 3.53. The van der Waals surface area contributed by atoms with E-state index in [9.17, 15) is 4.79 Å². The molecule has 1 fully saturated rings. The maximum atomic E-state index is 13.1. The number of carbonyl (C=O) groups is 1. The summed E-state index contributed by atoms with van der Waals surface area (Å²) in [5.41, 5.74) is 5.00. The molecule has 2 aromatic heterocycles. The number of hydrogen-bond acceptors (Lipinski definition) is 7. The van der Waals surface area contributed by atoms with Gasteiger partial charge in [0.15, 0.2) is 0 Å². The largest absolute Gasteiger partial charge is 0.340 e. The summed E-state index contributed by atoms with van der Waals surface area (Å²) < 4.78 is 0. The second kappa shape index (κ2) is 13.1. The van der Waals surface area contributed by atoms with Gasteiger partial charge in [0, 0.05) is 16.8 Å². The van der Waals surface area contributed by atoms with Crippen molar-refractivity contribution >= 4 is 51.6 Å². The molecule has 8 nitrogen and oxygen atoms in total. The van der Waals surface area contributed by atoms with Crippen molar-refractivity contribution in [2.45, 2.75) is 38.5 Å². The summed E-state index contributed by atoms with van der Waals surface area (Å²) in [6.45, 7) is 3.73. The van der Waals surface area contributed by atoms with Crippen LogP contribution in [0.2, 0.25) is 5.02 Å². The third kappa shape index (κ3) is 7.13. The lowest BCUT2D eigenvalue weighted by atomic mass is 9.98. The highest BCUT2D eigenvalue weighted by atomic mass is 35.5. The third-order valence-corrected chi connectivity index (χ3v) is 8.00. The minimum atomic E-state index is -0.350. The van der Waals surface area contributed by atoms with Gasteiger partial charge in [-0.2, -0.15) is 0 Å². The van der Waals surface area contributed by atoms with Crippen molar-refractivity contribution in [1.82, 2.24) is 19.9 Å². The first kappa shape index (κ1) is 27.9. The number of likely N-dealkylation sites (tertiary alicyclic amines) is 1. The highest BCUT2D eigenvalue weighted by Crippen LogP contribution is 2.26. The number of benzene rings is 2. The van der Waals surface area contributed by atoms with Crippen LogP contribution in [0.5, 0.6) is 0 Å². The number of carbonyl (C=O) groups excluding carboxylic acids is 1. The molecule has 1 amide bonds. The highest BCUT2D eigenvalue weighted by Gasteiger charge is 2.14. The van der Waals surface area contributed by atoms with Crippen molar-refractivity contribution < 1.29 is 4.79 Å². The van der Waals surface area contributed by atoms with E-state index in [1.165, 1.54) is 44.5 Å². The van der Waals surface area contributed by atoms with Crippen molar-refractivity contribution in [3.63, 3.8) is 0 Å². The smallest absolute Gasteiger partial charge is 0.257 e. The van der Waals surface area contributed by atoms with Crippen LogP contribution >= 0.6 is 11.6 Å². The first-order valence-corrected chi connectivity index (χ1v) is 14.9. The number of halogens is 1. The van der Waals surface area contributed by atoms with Gasteiger partial charge in [0.2, 0.25) is 5.95 Å². The molecule has 0 saturated carbocycles. The summed E-state index contributed by atoms with van der Waals surface area (Å²) in [5, 5.41) is 10.8. The number of rotatable bonds is 10. The molecular weight excluding hydrogens is 546 g/mol. The van der Waals surface area contributed by atoms with Gasteiger partial charge in [-0.25, -0.2) is 15.0 Å². The predicted octanol–water partition coefficient (Wildman–Crippen LogP) is 7.57. The van der Waals surface area contributed by atoms with E-state index in [1.807, 2.05) is 42.5 Å². The number of fused-ring (bicyclic) bond motifs is 1. The van der Waals surface area contributed by atoms with E-state index in [-0.39, 0.29) is 5.91 Å². The number of para-hydroxylation sites is 1. The Bertz CT molecular complexity index is 1630. The molecule has 0 spiro atoms.